The number of ether oxygens (including phenoxy) is 3. The van der Waals surface area contributed by atoms with Gasteiger partial charge in [0.15, 0.2) is 11.9 Å². The van der Waals surface area contributed by atoms with E-state index < -0.39 is 18.3 Å². The predicted molar refractivity (Wildman–Crippen MR) is 121 cm³/mol. The third kappa shape index (κ3) is 4.16. The Labute approximate surface area is 195 Å². The normalized spacial score (nSPS) is 23.2. The second kappa shape index (κ2) is 9.09. The fraction of sp³-hybridized carbons (Fsp3) is 0.348. The number of nitriles is 1. The SMILES string of the molecule is CN(C)c1ccc(-c2nnnn2[C@H]2CO[C@H]3[C@@H]2OC[C@H]3OC(=O)Nc2cccc(C#N)c2)cc1. The zero-order valence-corrected chi connectivity index (χ0v) is 18.7. The standard InChI is InChI=1S/C23H23N7O4/c1-29(2)17-8-6-15(7-9-17)22-26-27-28-30(22)18-12-32-21-19(13-33-20(18)21)34-23(31)25-16-5-3-4-14(10-16)11-24/h3-10,18-21H,12-13H2,1-2H3,(H,25,31)/t18-,19+,20+,21+/m0/s1. The number of carbonyl (C=O) groups excluding carboxylic acids is 1. The number of hydrogen-bond acceptors (Lipinski definition) is 9. The van der Waals surface area contributed by atoms with E-state index >= 15 is 0 Å². The van der Waals surface area contributed by atoms with Gasteiger partial charge in [0.25, 0.3) is 0 Å². The first kappa shape index (κ1) is 21.8. The Morgan fingerprint density at radius 2 is 1.97 bits per heavy atom. The quantitative estimate of drug-likeness (QED) is 0.608. The molecule has 11 heteroatoms. The van der Waals surface area contributed by atoms with Gasteiger partial charge in [0.1, 0.15) is 18.2 Å². The maximum atomic E-state index is 12.4. The highest BCUT2D eigenvalue weighted by atomic mass is 16.6. The van der Waals surface area contributed by atoms with Crippen LogP contribution in [0.25, 0.3) is 11.4 Å². The highest BCUT2D eigenvalue weighted by Crippen LogP contribution is 2.37. The number of nitrogens with zero attached hydrogens (tertiary/aromatic N) is 6. The Hall–Kier alpha value is -4.01. The van der Waals surface area contributed by atoms with E-state index in [9.17, 15) is 4.79 Å². The van der Waals surface area contributed by atoms with Gasteiger partial charge in [0.2, 0.25) is 0 Å². The molecule has 4 atom stereocenters. The van der Waals surface area contributed by atoms with E-state index in [1.165, 1.54) is 0 Å². The molecule has 2 aliphatic rings. The Bertz CT molecular complexity index is 1220. The number of anilines is 2. The van der Waals surface area contributed by atoms with Crippen molar-refractivity contribution in [2.24, 2.45) is 0 Å². The van der Waals surface area contributed by atoms with Crippen LogP contribution < -0.4 is 10.2 Å². The highest BCUT2D eigenvalue weighted by Gasteiger charge is 2.51. The zero-order chi connectivity index (χ0) is 23.7. The largest absolute Gasteiger partial charge is 0.441 e. The minimum absolute atomic E-state index is 0.201. The third-order valence-electron chi connectivity index (χ3n) is 5.93. The number of benzene rings is 2. The lowest BCUT2D eigenvalue weighted by molar-refractivity contribution is 0.00774. The van der Waals surface area contributed by atoms with Gasteiger partial charge in [-0.3, -0.25) is 5.32 Å². The van der Waals surface area contributed by atoms with Crippen LogP contribution in [-0.2, 0) is 14.2 Å². The maximum Gasteiger partial charge on any atom is 0.412 e. The molecular weight excluding hydrogens is 438 g/mol. The van der Waals surface area contributed by atoms with Gasteiger partial charge >= 0.3 is 6.09 Å². The monoisotopic (exact) mass is 461 g/mol. The van der Waals surface area contributed by atoms with Crippen molar-refractivity contribution in [2.45, 2.75) is 24.4 Å². The maximum absolute atomic E-state index is 12.4. The molecule has 2 fully saturated rings. The van der Waals surface area contributed by atoms with Crippen molar-refractivity contribution >= 4 is 17.5 Å². The highest BCUT2D eigenvalue weighted by molar-refractivity contribution is 5.85. The lowest BCUT2D eigenvalue weighted by Crippen LogP contribution is -2.35. The van der Waals surface area contributed by atoms with Crippen LogP contribution >= 0.6 is 0 Å². The number of rotatable bonds is 5. The summed E-state index contributed by atoms with van der Waals surface area (Å²) in [6.07, 6.45) is -2.01. The number of amides is 1. The second-order valence-electron chi connectivity index (χ2n) is 8.31. The van der Waals surface area contributed by atoms with Gasteiger partial charge in [0.05, 0.1) is 24.8 Å². The number of carbonyl (C=O) groups is 1. The average Bonchev–Trinajstić information content (AvgIpc) is 3.57. The molecule has 1 amide bonds. The number of aromatic nitrogens is 4. The van der Waals surface area contributed by atoms with Gasteiger partial charge in [-0.15, -0.1) is 5.10 Å². The summed E-state index contributed by atoms with van der Waals surface area (Å²) in [5.41, 5.74) is 2.87. The molecule has 5 rings (SSSR count). The molecular formula is C23H23N7O4. The lowest BCUT2D eigenvalue weighted by Gasteiger charge is -2.18. The van der Waals surface area contributed by atoms with Gasteiger partial charge in [-0.05, 0) is 52.9 Å². The van der Waals surface area contributed by atoms with Gasteiger partial charge < -0.3 is 19.1 Å². The summed E-state index contributed by atoms with van der Waals surface area (Å²) in [5.74, 6) is 0.614. The molecule has 0 spiro atoms. The molecule has 34 heavy (non-hydrogen) atoms. The van der Waals surface area contributed by atoms with Crippen LogP contribution in [0.5, 0.6) is 0 Å². The zero-order valence-electron chi connectivity index (χ0n) is 18.7. The third-order valence-corrected chi connectivity index (χ3v) is 5.93. The molecule has 1 N–H and O–H groups in total. The number of tetrazole rings is 1. The first-order valence-corrected chi connectivity index (χ1v) is 10.8. The van der Waals surface area contributed by atoms with Crippen LogP contribution in [-0.4, -0.2) is 71.9 Å². The second-order valence-corrected chi connectivity index (χ2v) is 8.31. The fourth-order valence-corrected chi connectivity index (χ4v) is 4.22. The summed E-state index contributed by atoms with van der Waals surface area (Å²) in [7, 11) is 3.96. The average molecular weight is 461 g/mol. The Kier molecular flexibility index (Phi) is 5.83. The number of hydrogen-bond donors (Lipinski definition) is 1. The first-order valence-electron chi connectivity index (χ1n) is 10.8. The number of fused-ring (bicyclic) bond motifs is 1. The van der Waals surface area contributed by atoms with E-state index in [2.05, 4.69) is 20.8 Å². The van der Waals surface area contributed by atoms with Crippen molar-refractivity contribution in [3.63, 3.8) is 0 Å². The fourth-order valence-electron chi connectivity index (χ4n) is 4.22. The van der Waals surface area contributed by atoms with Gasteiger partial charge in [-0.2, -0.15) is 5.26 Å². The lowest BCUT2D eigenvalue weighted by atomic mass is 10.1. The predicted octanol–water partition coefficient (Wildman–Crippen LogP) is 2.23. The first-order chi connectivity index (χ1) is 16.5. The summed E-state index contributed by atoms with van der Waals surface area (Å²) in [5, 5.41) is 23.9. The van der Waals surface area contributed by atoms with E-state index in [0.29, 0.717) is 23.7 Å². The van der Waals surface area contributed by atoms with Crippen LogP contribution in [0.3, 0.4) is 0 Å². The molecule has 0 aliphatic carbocycles. The summed E-state index contributed by atoms with van der Waals surface area (Å²) in [6, 6.07) is 16.3. The molecule has 3 heterocycles. The van der Waals surface area contributed by atoms with E-state index in [0.717, 1.165) is 11.3 Å². The van der Waals surface area contributed by atoms with E-state index in [1.54, 1.807) is 28.9 Å². The molecule has 174 valence electrons. The van der Waals surface area contributed by atoms with Crippen molar-refractivity contribution in [2.75, 3.05) is 37.5 Å². The minimum Gasteiger partial charge on any atom is -0.441 e. The van der Waals surface area contributed by atoms with Crippen LogP contribution in [0.15, 0.2) is 48.5 Å². The van der Waals surface area contributed by atoms with E-state index in [4.69, 9.17) is 19.5 Å². The van der Waals surface area contributed by atoms with Crippen molar-refractivity contribution in [1.82, 2.24) is 20.2 Å². The molecule has 3 aromatic rings. The number of nitrogens with one attached hydrogen (secondary N) is 1. The summed E-state index contributed by atoms with van der Waals surface area (Å²) in [4.78, 5) is 14.4. The van der Waals surface area contributed by atoms with Crippen LogP contribution in [0, 0.1) is 11.3 Å². The molecule has 2 aromatic carbocycles. The Morgan fingerprint density at radius 3 is 2.74 bits per heavy atom. The van der Waals surface area contributed by atoms with Gasteiger partial charge in [-0.25, -0.2) is 9.48 Å². The minimum atomic E-state index is -0.638. The molecule has 0 saturated carbocycles. The molecule has 11 nitrogen and oxygen atoms in total. The topological polar surface area (TPSA) is 127 Å². The van der Waals surface area contributed by atoms with E-state index in [1.807, 2.05) is 49.3 Å². The van der Waals surface area contributed by atoms with Gasteiger partial charge in [-0.1, -0.05) is 6.07 Å². The molecule has 2 saturated heterocycles. The molecule has 0 unspecified atom stereocenters. The summed E-state index contributed by atoms with van der Waals surface area (Å²) < 4.78 is 19.2. The van der Waals surface area contributed by atoms with Crippen molar-refractivity contribution in [3.05, 3.63) is 54.1 Å². The summed E-state index contributed by atoms with van der Waals surface area (Å²) >= 11 is 0. The Morgan fingerprint density at radius 1 is 1.18 bits per heavy atom. The summed E-state index contributed by atoms with van der Waals surface area (Å²) in [6.45, 7) is 0.529. The molecule has 0 bridgehead atoms. The van der Waals surface area contributed by atoms with E-state index in [-0.39, 0.29) is 18.8 Å². The van der Waals surface area contributed by atoms with Gasteiger partial charge in [0, 0.05) is 31.0 Å². The van der Waals surface area contributed by atoms with Crippen LogP contribution in [0.2, 0.25) is 0 Å². The smallest absolute Gasteiger partial charge is 0.412 e. The van der Waals surface area contributed by atoms with Crippen molar-refractivity contribution in [1.29, 1.82) is 5.26 Å². The van der Waals surface area contributed by atoms with Crippen LogP contribution in [0.1, 0.15) is 11.6 Å². The molecule has 1 aromatic heterocycles. The molecule has 0 radical (unpaired) electrons. The van der Waals surface area contributed by atoms with Crippen LogP contribution in [0.4, 0.5) is 16.2 Å². The Balaban J connectivity index is 1.26. The van der Waals surface area contributed by atoms with Crippen molar-refractivity contribution in [3.8, 4) is 17.5 Å². The van der Waals surface area contributed by atoms with Crippen molar-refractivity contribution < 1.29 is 19.0 Å². The molecule has 2 aliphatic heterocycles.